The molecule has 0 aromatic carbocycles. The van der Waals surface area contributed by atoms with Crippen molar-refractivity contribution in [1.82, 2.24) is 9.78 Å². The first-order valence-corrected chi connectivity index (χ1v) is 10.7. The second-order valence-corrected chi connectivity index (χ2v) is 7.78. The molecule has 3 heteroatoms. The number of halogens is 1. The number of nitrogens with zero attached hydrogens (tertiary/aromatic N) is 2. The van der Waals surface area contributed by atoms with Crippen molar-refractivity contribution in [1.29, 1.82) is 0 Å². The Balaban J connectivity index is 1.78. The molecule has 0 aliphatic rings. The van der Waals surface area contributed by atoms with Gasteiger partial charge in [0.2, 0.25) is 0 Å². The van der Waals surface area contributed by atoms with E-state index < -0.39 is 0 Å². The Morgan fingerprint density at radius 3 is 1.61 bits per heavy atom. The van der Waals surface area contributed by atoms with Gasteiger partial charge < -0.3 is 0 Å². The van der Waals surface area contributed by atoms with E-state index in [-0.39, 0.29) is 0 Å². The van der Waals surface area contributed by atoms with Crippen molar-refractivity contribution in [2.45, 2.75) is 110 Å². The highest BCUT2D eigenvalue weighted by Crippen LogP contribution is 2.15. The lowest BCUT2D eigenvalue weighted by atomic mass is 10.0. The molecule has 0 saturated heterocycles. The summed E-state index contributed by atoms with van der Waals surface area (Å²) in [5, 5.41) is 4.48. The summed E-state index contributed by atoms with van der Waals surface area (Å²) < 4.78 is 3.20. The Labute approximate surface area is 152 Å². The van der Waals surface area contributed by atoms with Crippen molar-refractivity contribution < 1.29 is 0 Å². The summed E-state index contributed by atoms with van der Waals surface area (Å²) in [7, 11) is 0. The molecule has 0 unspecified atom stereocenters. The molecule has 0 atom stereocenters. The summed E-state index contributed by atoms with van der Waals surface area (Å²) >= 11 is 3.52. The second kappa shape index (κ2) is 14.1. The molecule has 1 aromatic heterocycles. The molecule has 23 heavy (non-hydrogen) atoms. The van der Waals surface area contributed by atoms with Crippen LogP contribution >= 0.6 is 15.9 Å². The normalized spacial score (nSPS) is 11.3. The minimum absolute atomic E-state index is 1.06. The van der Waals surface area contributed by atoms with Crippen LogP contribution in [-0.4, -0.2) is 9.78 Å². The predicted octanol–water partition coefficient (Wildman–Crippen LogP) is 7.44. The van der Waals surface area contributed by atoms with Crippen LogP contribution in [0.15, 0.2) is 10.7 Å². The van der Waals surface area contributed by atoms with Gasteiger partial charge in [-0.3, -0.25) is 4.68 Å². The lowest BCUT2D eigenvalue weighted by molar-refractivity contribution is 0.510. The van der Waals surface area contributed by atoms with Crippen molar-refractivity contribution in [3.8, 4) is 0 Å². The molecular formula is C20H37BrN2. The molecule has 1 aromatic rings. The van der Waals surface area contributed by atoms with Gasteiger partial charge in [0.15, 0.2) is 0 Å². The summed E-state index contributed by atoms with van der Waals surface area (Å²) in [6.07, 6.45) is 21.9. The Bertz CT molecular complexity index is 367. The van der Waals surface area contributed by atoms with Gasteiger partial charge in [0, 0.05) is 12.7 Å². The summed E-state index contributed by atoms with van der Waals surface area (Å²) in [5.41, 5.74) is 1.09. The van der Waals surface area contributed by atoms with Crippen LogP contribution in [0.2, 0.25) is 0 Å². The van der Waals surface area contributed by atoms with Crippen molar-refractivity contribution in [2.24, 2.45) is 0 Å². The van der Waals surface area contributed by atoms with E-state index in [0.717, 1.165) is 16.7 Å². The number of rotatable bonds is 15. The van der Waals surface area contributed by atoms with E-state index in [1.54, 1.807) is 0 Å². The maximum absolute atomic E-state index is 4.48. The Kier molecular flexibility index (Phi) is 12.7. The van der Waals surface area contributed by atoms with E-state index in [0.29, 0.717) is 0 Å². The fourth-order valence-corrected chi connectivity index (χ4v) is 3.39. The fourth-order valence-electron chi connectivity index (χ4n) is 3.08. The first-order chi connectivity index (χ1) is 11.2. The molecule has 0 amide bonds. The standard InChI is InChI=1S/C20H37BrN2/c1-3-4-5-6-7-8-9-10-11-12-13-14-15-16-17-23-18-20(21)19(2)22-23/h18H,3-17H2,1-2H3. The number of hydrogen-bond donors (Lipinski definition) is 0. The average molecular weight is 385 g/mol. The highest BCUT2D eigenvalue weighted by molar-refractivity contribution is 9.10. The third-order valence-electron chi connectivity index (χ3n) is 4.63. The monoisotopic (exact) mass is 384 g/mol. The molecule has 1 rings (SSSR count). The maximum atomic E-state index is 4.48. The number of aromatic nitrogens is 2. The molecule has 0 aliphatic heterocycles. The van der Waals surface area contributed by atoms with E-state index in [4.69, 9.17) is 0 Å². The smallest absolute Gasteiger partial charge is 0.0735 e. The molecule has 0 aliphatic carbocycles. The fraction of sp³-hybridized carbons (Fsp3) is 0.850. The van der Waals surface area contributed by atoms with E-state index in [1.807, 2.05) is 6.92 Å². The zero-order valence-corrected chi connectivity index (χ0v) is 17.0. The van der Waals surface area contributed by atoms with E-state index in [9.17, 15) is 0 Å². The van der Waals surface area contributed by atoms with Gasteiger partial charge >= 0.3 is 0 Å². The third kappa shape index (κ3) is 11.0. The lowest BCUT2D eigenvalue weighted by Gasteiger charge is -2.03. The van der Waals surface area contributed by atoms with Gasteiger partial charge in [0.05, 0.1) is 10.2 Å². The first-order valence-electron chi connectivity index (χ1n) is 9.93. The molecule has 0 radical (unpaired) electrons. The van der Waals surface area contributed by atoms with Gasteiger partial charge in [-0.2, -0.15) is 5.10 Å². The topological polar surface area (TPSA) is 17.8 Å². The molecule has 0 fully saturated rings. The Hall–Kier alpha value is -0.310. The van der Waals surface area contributed by atoms with Crippen LogP contribution in [0, 0.1) is 6.92 Å². The summed E-state index contributed by atoms with van der Waals surface area (Å²) in [4.78, 5) is 0. The van der Waals surface area contributed by atoms with Crippen LogP contribution in [0.1, 0.15) is 103 Å². The second-order valence-electron chi connectivity index (χ2n) is 6.92. The van der Waals surface area contributed by atoms with Crippen LogP contribution in [0.4, 0.5) is 0 Å². The van der Waals surface area contributed by atoms with Gasteiger partial charge in [-0.15, -0.1) is 0 Å². The predicted molar refractivity (Wildman–Crippen MR) is 105 cm³/mol. The maximum Gasteiger partial charge on any atom is 0.0735 e. The van der Waals surface area contributed by atoms with Crippen LogP contribution in [0.3, 0.4) is 0 Å². The Morgan fingerprint density at radius 1 is 0.783 bits per heavy atom. The molecule has 0 N–H and O–H groups in total. The largest absolute Gasteiger partial charge is 0.271 e. The van der Waals surface area contributed by atoms with Gasteiger partial charge in [-0.05, 0) is 29.3 Å². The van der Waals surface area contributed by atoms with Gasteiger partial charge in [0.25, 0.3) is 0 Å². The summed E-state index contributed by atoms with van der Waals surface area (Å²) in [6.45, 7) is 5.40. The van der Waals surface area contributed by atoms with E-state index in [2.05, 4.69) is 38.8 Å². The van der Waals surface area contributed by atoms with Gasteiger partial charge in [0.1, 0.15) is 0 Å². The molecule has 0 bridgehead atoms. The molecule has 1 heterocycles. The van der Waals surface area contributed by atoms with Crippen molar-refractivity contribution in [2.75, 3.05) is 0 Å². The van der Waals surface area contributed by atoms with Crippen molar-refractivity contribution in [3.63, 3.8) is 0 Å². The minimum Gasteiger partial charge on any atom is -0.271 e. The van der Waals surface area contributed by atoms with E-state index in [1.165, 1.54) is 89.9 Å². The third-order valence-corrected chi connectivity index (χ3v) is 5.41. The van der Waals surface area contributed by atoms with Crippen molar-refractivity contribution in [3.05, 3.63) is 16.4 Å². The van der Waals surface area contributed by atoms with E-state index >= 15 is 0 Å². The lowest BCUT2D eigenvalue weighted by Crippen LogP contribution is -1.98. The highest BCUT2D eigenvalue weighted by atomic mass is 79.9. The minimum atomic E-state index is 1.06. The molecular weight excluding hydrogens is 348 g/mol. The quantitative estimate of drug-likeness (QED) is 0.287. The molecule has 2 nitrogen and oxygen atoms in total. The SMILES string of the molecule is CCCCCCCCCCCCCCCCn1cc(Br)c(C)n1. The number of unbranched alkanes of at least 4 members (excludes halogenated alkanes) is 13. The highest BCUT2D eigenvalue weighted by Gasteiger charge is 2.00. The van der Waals surface area contributed by atoms with Crippen LogP contribution in [-0.2, 0) is 6.54 Å². The first kappa shape index (κ1) is 20.7. The van der Waals surface area contributed by atoms with Gasteiger partial charge in [-0.25, -0.2) is 0 Å². The summed E-state index contributed by atoms with van der Waals surface area (Å²) in [5.74, 6) is 0. The van der Waals surface area contributed by atoms with Crippen LogP contribution < -0.4 is 0 Å². The molecule has 0 spiro atoms. The molecule has 134 valence electrons. The molecule has 0 saturated carbocycles. The summed E-state index contributed by atoms with van der Waals surface area (Å²) in [6, 6.07) is 0. The van der Waals surface area contributed by atoms with Crippen molar-refractivity contribution >= 4 is 15.9 Å². The Morgan fingerprint density at radius 2 is 1.22 bits per heavy atom. The van der Waals surface area contributed by atoms with Crippen LogP contribution in [0.25, 0.3) is 0 Å². The van der Waals surface area contributed by atoms with Gasteiger partial charge in [-0.1, -0.05) is 90.4 Å². The zero-order valence-electron chi connectivity index (χ0n) is 15.5. The zero-order chi connectivity index (χ0) is 16.8. The van der Waals surface area contributed by atoms with Crippen LogP contribution in [0.5, 0.6) is 0 Å². The average Bonchev–Trinajstić information content (AvgIpc) is 2.86. The number of aryl methyl sites for hydroxylation is 2. The number of hydrogen-bond acceptors (Lipinski definition) is 1.